The number of carbonyl (C=O) groups excluding carboxylic acids is 1. The SMILES string of the molecule is C=C/C=C\N=CCC1CCN(C)C1=O. The summed E-state index contributed by atoms with van der Waals surface area (Å²) in [6.45, 7) is 4.41. The number of aliphatic imine (C=N–C) groups is 1. The highest BCUT2D eigenvalue weighted by Crippen LogP contribution is 2.18. The van der Waals surface area contributed by atoms with Crippen molar-refractivity contribution in [2.24, 2.45) is 10.9 Å². The molecule has 0 bridgehead atoms. The second-order valence-electron chi connectivity index (χ2n) is 3.39. The van der Waals surface area contributed by atoms with Crippen LogP contribution in [0.5, 0.6) is 0 Å². The van der Waals surface area contributed by atoms with Crippen LogP contribution in [0.25, 0.3) is 0 Å². The number of hydrogen-bond acceptors (Lipinski definition) is 2. The van der Waals surface area contributed by atoms with Gasteiger partial charge in [-0.05, 0) is 18.9 Å². The Kier molecular flexibility index (Phi) is 4.11. The van der Waals surface area contributed by atoms with E-state index in [1.54, 1.807) is 29.5 Å². The van der Waals surface area contributed by atoms with Crippen molar-refractivity contribution in [3.05, 3.63) is 24.9 Å². The van der Waals surface area contributed by atoms with Crippen molar-refractivity contribution in [1.29, 1.82) is 0 Å². The first-order valence-corrected chi connectivity index (χ1v) is 4.80. The fourth-order valence-electron chi connectivity index (χ4n) is 1.47. The van der Waals surface area contributed by atoms with Crippen LogP contribution in [-0.2, 0) is 4.79 Å². The molecule has 0 spiro atoms. The Morgan fingerprint density at radius 1 is 1.71 bits per heavy atom. The molecule has 1 heterocycles. The molecule has 1 atom stereocenters. The van der Waals surface area contributed by atoms with Crippen molar-refractivity contribution >= 4 is 12.1 Å². The van der Waals surface area contributed by atoms with Crippen molar-refractivity contribution in [3.63, 3.8) is 0 Å². The molecule has 0 aromatic rings. The summed E-state index contributed by atoms with van der Waals surface area (Å²) in [7, 11) is 1.84. The average Bonchev–Trinajstić information content (AvgIpc) is 2.49. The maximum atomic E-state index is 11.5. The van der Waals surface area contributed by atoms with Crippen LogP contribution >= 0.6 is 0 Å². The van der Waals surface area contributed by atoms with Crippen molar-refractivity contribution < 1.29 is 4.79 Å². The Balaban J connectivity index is 2.32. The van der Waals surface area contributed by atoms with Crippen LogP contribution in [0.3, 0.4) is 0 Å². The zero-order valence-corrected chi connectivity index (χ0v) is 8.52. The van der Waals surface area contributed by atoms with Crippen LogP contribution in [0, 0.1) is 5.92 Å². The van der Waals surface area contributed by atoms with E-state index in [-0.39, 0.29) is 11.8 Å². The monoisotopic (exact) mass is 192 g/mol. The number of allylic oxidation sites excluding steroid dienone is 2. The maximum absolute atomic E-state index is 11.5. The highest BCUT2D eigenvalue weighted by Gasteiger charge is 2.27. The van der Waals surface area contributed by atoms with Crippen LogP contribution in [0.15, 0.2) is 29.9 Å². The lowest BCUT2D eigenvalue weighted by molar-refractivity contribution is -0.129. The van der Waals surface area contributed by atoms with Gasteiger partial charge in [0.15, 0.2) is 0 Å². The van der Waals surface area contributed by atoms with Gasteiger partial charge in [0.05, 0.1) is 0 Å². The fraction of sp³-hybridized carbons (Fsp3) is 0.455. The molecule has 0 aromatic carbocycles. The van der Waals surface area contributed by atoms with Gasteiger partial charge in [0.1, 0.15) is 0 Å². The second kappa shape index (κ2) is 5.37. The molecule has 0 radical (unpaired) electrons. The van der Waals surface area contributed by atoms with E-state index in [1.807, 2.05) is 7.05 Å². The van der Waals surface area contributed by atoms with E-state index >= 15 is 0 Å². The summed E-state index contributed by atoms with van der Waals surface area (Å²) in [6, 6.07) is 0. The van der Waals surface area contributed by atoms with E-state index in [2.05, 4.69) is 11.6 Å². The molecule has 1 unspecified atom stereocenters. The van der Waals surface area contributed by atoms with Crippen molar-refractivity contribution in [2.75, 3.05) is 13.6 Å². The van der Waals surface area contributed by atoms with Gasteiger partial charge in [0.2, 0.25) is 5.91 Å². The van der Waals surface area contributed by atoms with Gasteiger partial charge in [-0.15, -0.1) is 0 Å². The first-order chi connectivity index (χ1) is 6.75. The lowest BCUT2D eigenvalue weighted by Crippen LogP contribution is -2.22. The molecule has 0 aliphatic carbocycles. The second-order valence-corrected chi connectivity index (χ2v) is 3.39. The summed E-state index contributed by atoms with van der Waals surface area (Å²) in [4.78, 5) is 17.3. The molecule has 3 nitrogen and oxygen atoms in total. The molecule has 0 aromatic heterocycles. The minimum absolute atomic E-state index is 0.140. The summed E-state index contributed by atoms with van der Waals surface area (Å²) in [5.74, 6) is 0.380. The Morgan fingerprint density at radius 2 is 2.50 bits per heavy atom. The standard InChI is InChI=1S/C11H16N2O/c1-3-4-7-12-8-5-10-6-9-13(2)11(10)14/h3-4,7-8,10H,1,5-6,9H2,2H3/b7-4-,12-8?. The molecule has 1 aliphatic heterocycles. The normalized spacial score (nSPS) is 22.8. The summed E-state index contributed by atoms with van der Waals surface area (Å²) in [5.41, 5.74) is 0. The van der Waals surface area contributed by atoms with E-state index < -0.39 is 0 Å². The molecule has 14 heavy (non-hydrogen) atoms. The van der Waals surface area contributed by atoms with Gasteiger partial charge in [-0.25, -0.2) is 0 Å². The summed E-state index contributed by atoms with van der Waals surface area (Å²) < 4.78 is 0. The van der Waals surface area contributed by atoms with E-state index in [1.165, 1.54) is 0 Å². The lowest BCUT2D eigenvalue weighted by atomic mass is 10.1. The summed E-state index contributed by atoms with van der Waals surface area (Å²) >= 11 is 0. The van der Waals surface area contributed by atoms with Gasteiger partial charge in [0.25, 0.3) is 0 Å². The van der Waals surface area contributed by atoms with E-state index in [9.17, 15) is 4.79 Å². The number of rotatable bonds is 4. The topological polar surface area (TPSA) is 32.7 Å². The number of hydrogen-bond donors (Lipinski definition) is 0. The van der Waals surface area contributed by atoms with Crippen LogP contribution in [0.1, 0.15) is 12.8 Å². The van der Waals surface area contributed by atoms with E-state index in [4.69, 9.17) is 0 Å². The number of nitrogens with zero attached hydrogens (tertiary/aromatic N) is 2. The molecule has 0 N–H and O–H groups in total. The van der Waals surface area contributed by atoms with E-state index in [0.29, 0.717) is 0 Å². The minimum atomic E-state index is 0.140. The van der Waals surface area contributed by atoms with Crippen molar-refractivity contribution in [3.8, 4) is 0 Å². The third kappa shape index (κ3) is 2.83. The molecule has 76 valence electrons. The molecule has 1 saturated heterocycles. The highest BCUT2D eigenvalue weighted by molar-refractivity contribution is 5.83. The number of amides is 1. The van der Waals surface area contributed by atoms with Crippen LogP contribution in [0.4, 0.5) is 0 Å². The molecule has 3 heteroatoms. The predicted molar refractivity (Wildman–Crippen MR) is 58.2 cm³/mol. The lowest BCUT2D eigenvalue weighted by Gasteiger charge is -2.07. The Labute approximate surface area is 84.8 Å². The van der Waals surface area contributed by atoms with Gasteiger partial charge < -0.3 is 4.90 Å². The van der Waals surface area contributed by atoms with Gasteiger partial charge >= 0.3 is 0 Å². The number of carbonyl (C=O) groups is 1. The zero-order valence-electron chi connectivity index (χ0n) is 8.52. The third-order valence-corrected chi connectivity index (χ3v) is 2.34. The molecule has 1 rings (SSSR count). The number of likely N-dealkylation sites (tertiary alicyclic amines) is 1. The van der Waals surface area contributed by atoms with Crippen molar-refractivity contribution in [2.45, 2.75) is 12.8 Å². The Hall–Kier alpha value is -1.38. The minimum Gasteiger partial charge on any atom is -0.345 e. The van der Waals surface area contributed by atoms with Gasteiger partial charge in [-0.2, -0.15) is 0 Å². The third-order valence-electron chi connectivity index (χ3n) is 2.34. The smallest absolute Gasteiger partial charge is 0.225 e. The van der Waals surface area contributed by atoms with Crippen LogP contribution in [-0.4, -0.2) is 30.6 Å². The fourth-order valence-corrected chi connectivity index (χ4v) is 1.47. The van der Waals surface area contributed by atoms with Crippen LogP contribution in [0.2, 0.25) is 0 Å². The highest BCUT2D eigenvalue weighted by atomic mass is 16.2. The zero-order chi connectivity index (χ0) is 10.4. The van der Waals surface area contributed by atoms with Crippen molar-refractivity contribution in [1.82, 2.24) is 4.90 Å². The largest absolute Gasteiger partial charge is 0.345 e. The summed E-state index contributed by atoms with van der Waals surface area (Å²) in [5, 5.41) is 0. The Bertz CT molecular complexity index is 268. The van der Waals surface area contributed by atoms with Crippen LogP contribution < -0.4 is 0 Å². The van der Waals surface area contributed by atoms with Gasteiger partial charge in [-0.3, -0.25) is 9.79 Å². The summed E-state index contributed by atoms with van der Waals surface area (Å²) in [6.07, 6.45) is 8.60. The molecule has 0 saturated carbocycles. The van der Waals surface area contributed by atoms with Gasteiger partial charge in [0, 0.05) is 31.9 Å². The molecule has 1 fully saturated rings. The first-order valence-electron chi connectivity index (χ1n) is 4.80. The Morgan fingerprint density at radius 3 is 3.07 bits per heavy atom. The van der Waals surface area contributed by atoms with E-state index in [0.717, 1.165) is 19.4 Å². The predicted octanol–water partition coefficient (Wildman–Crippen LogP) is 1.63. The quantitative estimate of drug-likeness (QED) is 0.492. The molecule has 1 amide bonds. The van der Waals surface area contributed by atoms with Gasteiger partial charge in [-0.1, -0.05) is 12.7 Å². The molecule has 1 aliphatic rings. The molecular formula is C11H16N2O. The molecular weight excluding hydrogens is 176 g/mol. The maximum Gasteiger partial charge on any atom is 0.225 e. The average molecular weight is 192 g/mol. The first kappa shape index (κ1) is 10.7.